The highest BCUT2D eigenvalue weighted by Crippen LogP contribution is 2.42. The lowest BCUT2D eigenvalue weighted by Crippen LogP contribution is -2.32. The predicted molar refractivity (Wildman–Crippen MR) is 92.7 cm³/mol. The largest absolute Gasteiger partial charge is 0.312 e. The molecule has 0 amide bonds. The van der Waals surface area contributed by atoms with Crippen LogP contribution in [0.1, 0.15) is 23.6 Å². The second-order valence-corrected chi connectivity index (χ2v) is 7.36. The van der Waals surface area contributed by atoms with E-state index in [2.05, 4.69) is 29.6 Å². The van der Waals surface area contributed by atoms with E-state index in [0.29, 0.717) is 11.3 Å². The van der Waals surface area contributed by atoms with Crippen molar-refractivity contribution in [3.8, 4) is 0 Å². The molecule has 0 radical (unpaired) electrons. The number of rotatable bonds is 3. The fourth-order valence-corrected chi connectivity index (χ4v) is 4.77. The second-order valence-electron chi connectivity index (χ2n) is 5.23. The number of fused-ring (bicyclic) bond motifs is 1. The van der Waals surface area contributed by atoms with Gasteiger partial charge in [-0.3, -0.25) is 0 Å². The molecule has 0 bridgehead atoms. The molecule has 1 nitrogen and oxygen atoms in total. The fourth-order valence-electron chi connectivity index (χ4n) is 2.93. The molecule has 2 aromatic carbocycles. The zero-order chi connectivity index (χ0) is 14.8. The number of nitrogens with one attached hydrogen (secondary N) is 1. The minimum absolute atomic E-state index is 0.343. The number of benzene rings is 2. The standard InChI is InChI=1S/C17H17Cl2NS/c1-20-17-13-5-3-2-4-11(13)6-9-15(17)21-16-10-12(18)7-8-14(16)19/h2-5,7-8,10,15,17,20H,6,9H2,1H3. The van der Waals surface area contributed by atoms with Gasteiger partial charge in [0.05, 0.1) is 5.02 Å². The number of thioether (sulfide) groups is 1. The Morgan fingerprint density at radius 1 is 1.14 bits per heavy atom. The summed E-state index contributed by atoms with van der Waals surface area (Å²) < 4.78 is 0. The third-order valence-electron chi connectivity index (χ3n) is 3.94. The van der Waals surface area contributed by atoms with Crippen molar-refractivity contribution in [3.05, 3.63) is 63.6 Å². The maximum atomic E-state index is 6.31. The lowest BCUT2D eigenvalue weighted by atomic mass is 9.87. The molecule has 1 aliphatic carbocycles. The van der Waals surface area contributed by atoms with Gasteiger partial charge in [-0.25, -0.2) is 0 Å². The van der Waals surface area contributed by atoms with Crippen LogP contribution in [-0.2, 0) is 6.42 Å². The summed E-state index contributed by atoms with van der Waals surface area (Å²) in [6, 6.07) is 14.7. The van der Waals surface area contributed by atoms with E-state index in [-0.39, 0.29) is 0 Å². The molecule has 110 valence electrons. The van der Waals surface area contributed by atoms with E-state index >= 15 is 0 Å². The molecular weight excluding hydrogens is 321 g/mol. The van der Waals surface area contributed by atoms with Gasteiger partial charge >= 0.3 is 0 Å². The van der Waals surface area contributed by atoms with Crippen LogP contribution < -0.4 is 5.32 Å². The lowest BCUT2D eigenvalue weighted by Gasteiger charge is -2.33. The minimum Gasteiger partial charge on any atom is -0.312 e. The first-order valence-electron chi connectivity index (χ1n) is 7.06. The van der Waals surface area contributed by atoms with Gasteiger partial charge in [-0.1, -0.05) is 47.5 Å². The van der Waals surface area contributed by atoms with Gasteiger partial charge in [-0.05, 0) is 49.2 Å². The smallest absolute Gasteiger partial charge is 0.0543 e. The molecule has 1 N–H and O–H groups in total. The van der Waals surface area contributed by atoms with Gasteiger partial charge in [0.2, 0.25) is 0 Å². The summed E-state index contributed by atoms with van der Waals surface area (Å²) in [4.78, 5) is 1.06. The highest BCUT2D eigenvalue weighted by atomic mass is 35.5. The maximum Gasteiger partial charge on any atom is 0.0543 e. The zero-order valence-electron chi connectivity index (χ0n) is 11.8. The number of aryl methyl sites for hydroxylation is 1. The van der Waals surface area contributed by atoms with Gasteiger partial charge in [0.1, 0.15) is 0 Å². The highest BCUT2D eigenvalue weighted by Gasteiger charge is 2.29. The average Bonchev–Trinajstić information content (AvgIpc) is 2.50. The van der Waals surface area contributed by atoms with E-state index in [0.717, 1.165) is 27.8 Å². The third kappa shape index (κ3) is 3.24. The Morgan fingerprint density at radius 2 is 1.95 bits per heavy atom. The predicted octanol–water partition coefficient (Wildman–Crippen LogP) is 5.36. The van der Waals surface area contributed by atoms with Crippen molar-refractivity contribution in [1.82, 2.24) is 5.32 Å². The molecule has 2 atom stereocenters. The molecule has 0 saturated heterocycles. The number of hydrogen-bond donors (Lipinski definition) is 1. The number of halogens is 2. The Hall–Kier alpha value is -0.670. The Bertz CT molecular complexity index is 644. The first-order valence-corrected chi connectivity index (χ1v) is 8.69. The zero-order valence-corrected chi connectivity index (χ0v) is 14.1. The van der Waals surface area contributed by atoms with Crippen molar-refractivity contribution in [3.63, 3.8) is 0 Å². The summed E-state index contributed by atoms with van der Waals surface area (Å²) in [5, 5.41) is 5.44. The van der Waals surface area contributed by atoms with Crippen LogP contribution in [0.4, 0.5) is 0 Å². The molecule has 2 unspecified atom stereocenters. The van der Waals surface area contributed by atoms with Crippen molar-refractivity contribution in [2.45, 2.75) is 29.0 Å². The normalized spacial score (nSPS) is 21.1. The van der Waals surface area contributed by atoms with E-state index in [9.17, 15) is 0 Å². The van der Waals surface area contributed by atoms with Gasteiger partial charge in [0.25, 0.3) is 0 Å². The summed E-state index contributed by atoms with van der Waals surface area (Å²) in [6.07, 6.45) is 2.25. The van der Waals surface area contributed by atoms with E-state index in [1.54, 1.807) is 0 Å². The van der Waals surface area contributed by atoms with E-state index in [1.807, 2.05) is 37.0 Å². The summed E-state index contributed by atoms with van der Waals surface area (Å²) in [5.74, 6) is 0. The monoisotopic (exact) mass is 337 g/mol. The molecule has 21 heavy (non-hydrogen) atoms. The van der Waals surface area contributed by atoms with Crippen LogP contribution in [-0.4, -0.2) is 12.3 Å². The van der Waals surface area contributed by atoms with Gasteiger partial charge in [-0.15, -0.1) is 11.8 Å². The summed E-state index contributed by atoms with van der Waals surface area (Å²) in [5.41, 5.74) is 2.85. The molecule has 0 saturated carbocycles. The molecule has 0 aromatic heterocycles. The Balaban J connectivity index is 1.88. The molecule has 0 aliphatic heterocycles. The Kier molecular flexibility index (Phi) is 4.80. The van der Waals surface area contributed by atoms with Gasteiger partial charge in [0, 0.05) is 21.2 Å². The van der Waals surface area contributed by atoms with E-state index in [4.69, 9.17) is 23.2 Å². The summed E-state index contributed by atoms with van der Waals surface area (Å²) in [7, 11) is 2.03. The van der Waals surface area contributed by atoms with Crippen LogP contribution in [0.3, 0.4) is 0 Å². The van der Waals surface area contributed by atoms with Crippen molar-refractivity contribution in [2.75, 3.05) is 7.05 Å². The first-order chi connectivity index (χ1) is 10.2. The van der Waals surface area contributed by atoms with E-state index < -0.39 is 0 Å². The SMILES string of the molecule is CNC1c2ccccc2CCC1Sc1cc(Cl)ccc1Cl. The third-order valence-corrected chi connectivity index (χ3v) is 6.02. The minimum atomic E-state index is 0.343. The fraction of sp³-hybridized carbons (Fsp3) is 0.294. The second kappa shape index (κ2) is 6.62. The first kappa shape index (κ1) is 15.2. The molecular formula is C17H17Cl2NS. The molecule has 2 aromatic rings. The van der Waals surface area contributed by atoms with Crippen molar-refractivity contribution < 1.29 is 0 Å². The molecule has 0 heterocycles. The Labute approximate surface area is 140 Å². The van der Waals surface area contributed by atoms with Crippen LogP contribution in [0.25, 0.3) is 0 Å². The topological polar surface area (TPSA) is 12.0 Å². The van der Waals surface area contributed by atoms with Crippen molar-refractivity contribution >= 4 is 35.0 Å². The van der Waals surface area contributed by atoms with Crippen LogP contribution in [0.15, 0.2) is 47.4 Å². The maximum absolute atomic E-state index is 6.31. The molecule has 0 spiro atoms. The van der Waals surface area contributed by atoms with Crippen molar-refractivity contribution in [1.29, 1.82) is 0 Å². The van der Waals surface area contributed by atoms with Crippen LogP contribution >= 0.6 is 35.0 Å². The molecule has 3 rings (SSSR count). The molecule has 1 aliphatic rings. The quantitative estimate of drug-likeness (QED) is 0.808. The highest BCUT2D eigenvalue weighted by molar-refractivity contribution is 8.00. The van der Waals surface area contributed by atoms with Crippen molar-refractivity contribution in [2.24, 2.45) is 0 Å². The lowest BCUT2D eigenvalue weighted by molar-refractivity contribution is 0.510. The summed E-state index contributed by atoms with van der Waals surface area (Å²) >= 11 is 14.2. The van der Waals surface area contributed by atoms with Crippen LogP contribution in [0, 0.1) is 0 Å². The van der Waals surface area contributed by atoms with Crippen LogP contribution in [0.5, 0.6) is 0 Å². The van der Waals surface area contributed by atoms with Gasteiger partial charge < -0.3 is 5.32 Å². The molecule has 4 heteroatoms. The molecule has 0 fully saturated rings. The summed E-state index contributed by atoms with van der Waals surface area (Å²) in [6.45, 7) is 0. The van der Waals surface area contributed by atoms with Crippen LogP contribution in [0.2, 0.25) is 10.0 Å². The number of hydrogen-bond acceptors (Lipinski definition) is 2. The van der Waals surface area contributed by atoms with Gasteiger partial charge in [0.15, 0.2) is 0 Å². The Morgan fingerprint density at radius 3 is 2.76 bits per heavy atom. The van der Waals surface area contributed by atoms with E-state index in [1.165, 1.54) is 11.1 Å². The average molecular weight is 338 g/mol. The van der Waals surface area contributed by atoms with Gasteiger partial charge in [-0.2, -0.15) is 0 Å².